The summed E-state index contributed by atoms with van der Waals surface area (Å²) in [7, 11) is -2.03. The Kier molecular flexibility index (Phi) is 5.81. The molecule has 0 saturated carbocycles. The van der Waals surface area contributed by atoms with Crippen molar-refractivity contribution in [2.75, 3.05) is 31.7 Å². The smallest absolute Gasteiger partial charge is 0.268 e. The molecule has 4 rings (SSSR count). The Balaban J connectivity index is 1.49. The highest BCUT2D eigenvalue weighted by Crippen LogP contribution is 2.31. The van der Waals surface area contributed by atoms with E-state index < -0.39 is 22.0 Å². The number of fused-ring (bicyclic) bond motifs is 1. The first-order valence-corrected chi connectivity index (χ1v) is 12.1. The lowest BCUT2D eigenvalue weighted by atomic mass is 10.2. The molecule has 30 heavy (non-hydrogen) atoms. The molecule has 1 aliphatic heterocycles. The van der Waals surface area contributed by atoms with Crippen LogP contribution in [-0.4, -0.2) is 55.3 Å². The monoisotopic (exact) mass is 449 g/mol. The zero-order valence-electron chi connectivity index (χ0n) is 16.7. The fraction of sp³-hybridized carbons (Fsp3) is 0.350. The summed E-state index contributed by atoms with van der Waals surface area (Å²) in [5.74, 6) is 2.33. The third kappa shape index (κ3) is 3.94. The van der Waals surface area contributed by atoms with Gasteiger partial charge in [0.05, 0.1) is 13.2 Å². The van der Waals surface area contributed by atoms with Gasteiger partial charge in [-0.25, -0.2) is 8.42 Å². The maximum atomic E-state index is 12.8. The number of aromatic amines is 1. The van der Waals surface area contributed by atoms with Gasteiger partial charge >= 0.3 is 0 Å². The van der Waals surface area contributed by atoms with Gasteiger partial charge in [0.25, 0.3) is 5.91 Å². The fourth-order valence-corrected chi connectivity index (χ4v) is 5.94. The minimum Gasteiger partial charge on any atom is -0.493 e. The molecule has 0 bridgehead atoms. The van der Waals surface area contributed by atoms with E-state index >= 15 is 0 Å². The number of carbonyl (C=O) groups excluding carboxylic acids is 1. The molecule has 10 heteroatoms. The van der Waals surface area contributed by atoms with Crippen LogP contribution < -0.4 is 10.1 Å². The summed E-state index contributed by atoms with van der Waals surface area (Å²) in [5.41, 5.74) is 0.796. The van der Waals surface area contributed by atoms with E-state index in [1.807, 2.05) is 18.2 Å². The molecular formula is C20H23N3O5S2. The van der Waals surface area contributed by atoms with Crippen LogP contribution in [0.15, 0.2) is 45.8 Å². The van der Waals surface area contributed by atoms with Crippen LogP contribution in [-0.2, 0) is 10.0 Å². The number of sulfonamides is 1. The standard InChI is InChI=1S/C20H23N3O5S2/c1-13(18-10-14-4-3-5-17(27-2)19(14)28-18)22-20(24)16-11-15(12-21-16)30(25,26)23-6-8-29-9-7-23/h3-5,10-13,21H,6-9H2,1-2H3,(H,22,24). The molecular weight excluding hydrogens is 426 g/mol. The molecule has 1 aliphatic rings. The highest BCUT2D eigenvalue weighted by molar-refractivity contribution is 7.99. The third-order valence-corrected chi connectivity index (χ3v) is 7.85. The predicted molar refractivity (Wildman–Crippen MR) is 116 cm³/mol. The second kappa shape index (κ2) is 8.37. The van der Waals surface area contributed by atoms with Gasteiger partial charge in [0, 0.05) is 36.2 Å². The van der Waals surface area contributed by atoms with Gasteiger partial charge in [-0.05, 0) is 25.1 Å². The first kappa shape index (κ1) is 20.8. The first-order valence-electron chi connectivity index (χ1n) is 9.54. The fourth-order valence-electron chi connectivity index (χ4n) is 3.37. The molecule has 1 atom stereocenters. The van der Waals surface area contributed by atoms with Crippen LogP contribution in [0.2, 0.25) is 0 Å². The second-order valence-corrected chi connectivity index (χ2v) is 10.2. The number of methoxy groups -OCH3 is 1. The van der Waals surface area contributed by atoms with Crippen molar-refractivity contribution in [3.8, 4) is 5.75 Å². The van der Waals surface area contributed by atoms with Gasteiger partial charge in [0.15, 0.2) is 11.3 Å². The minimum absolute atomic E-state index is 0.0978. The number of hydrogen-bond acceptors (Lipinski definition) is 6. The van der Waals surface area contributed by atoms with E-state index in [0.717, 1.165) is 16.9 Å². The third-order valence-electron chi connectivity index (χ3n) is 5.03. The molecule has 8 nitrogen and oxygen atoms in total. The number of amides is 1. The number of rotatable bonds is 6. The number of hydrogen-bond donors (Lipinski definition) is 2. The molecule has 2 aromatic heterocycles. The summed E-state index contributed by atoms with van der Waals surface area (Å²) in [4.78, 5) is 15.5. The van der Waals surface area contributed by atoms with Crippen LogP contribution in [0.3, 0.4) is 0 Å². The van der Waals surface area contributed by atoms with E-state index in [-0.39, 0.29) is 10.6 Å². The predicted octanol–water partition coefficient (Wildman–Crippen LogP) is 3.00. The summed E-state index contributed by atoms with van der Waals surface area (Å²) in [5, 5.41) is 3.71. The van der Waals surface area contributed by atoms with Crippen LogP contribution in [0.4, 0.5) is 0 Å². The highest BCUT2D eigenvalue weighted by Gasteiger charge is 2.28. The molecule has 3 aromatic rings. The number of para-hydroxylation sites is 1. The van der Waals surface area contributed by atoms with Crippen LogP contribution in [0, 0.1) is 0 Å². The summed E-state index contributed by atoms with van der Waals surface area (Å²) in [6.45, 7) is 2.76. The highest BCUT2D eigenvalue weighted by atomic mass is 32.2. The molecule has 1 amide bonds. The number of benzene rings is 1. The van der Waals surface area contributed by atoms with Crippen molar-refractivity contribution in [3.63, 3.8) is 0 Å². The average molecular weight is 450 g/mol. The quantitative estimate of drug-likeness (QED) is 0.599. The number of H-pyrrole nitrogens is 1. The topological polar surface area (TPSA) is 105 Å². The zero-order chi connectivity index (χ0) is 21.3. The maximum absolute atomic E-state index is 12.8. The number of furan rings is 1. The lowest BCUT2D eigenvalue weighted by molar-refractivity contribution is 0.0931. The number of nitrogens with one attached hydrogen (secondary N) is 2. The van der Waals surface area contributed by atoms with E-state index in [0.29, 0.717) is 30.2 Å². The Labute approximate surface area is 179 Å². The van der Waals surface area contributed by atoms with Crippen molar-refractivity contribution < 1.29 is 22.4 Å². The first-order chi connectivity index (χ1) is 14.4. The Morgan fingerprint density at radius 1 is 1.30 bits per heavy atom. The van der Waals surface area contributed by atoms with Crippen LogP contribution in [0.1, 0.15) is 29.2 Å². The van der Waals surface area contributed by atoms with Crippen molar-refractivity contribution in [2.24, 2.45) is 0 Å². The van der Waals surface area contributed by atoms with Gasteiger partial charge in [-0.3, -0.25) is 4.79 Å². The summed E-state index contributed by atoms with van der Waals surface area (Å²) >= 11 is 1.73. The van der Waals surface area contributed by atoms with Crippen molar-refractivity contribution in [1.82, 2.24) is 14.6 Å². The zero-order valence-corrected chi connectivity index (χ0v) is 18.3. The van der Waals surface area contributed by atoms with Gasteiger partial charge in [-0.1, -0.05) is 12.1 Å². The van der Waals surface area contributed by atoms with E-state index in [2.05, 4.69) is 10.3 Å². The minimum atomic E-state index is -3.60. The molecule has 3 heterocycles. The summed E-state index contributed by atoms with van der Waals surface area (Å²) in [6.07, 6.45) is 1.36. The lowest BCUT2D eigenvalue weighted by Crippen LogP contribution is -2.37. The van der Waals surface area contributed by atoms with Crippen molar-refractivity contribution in [3.05, 3.63) is 48.0 Å². The van der Waals surface area contributed by atoms with Gasteiger partial charge in [-0.15, -0.1) is 0 Å². The van der Waals surface area contributed by atoms with Crippen molar-refractivity contribution in [1.29, 1.82) is 0 Å². The summed E-state index contributed by atoms with van der Waals surface area (Å²) in [6, 6.07) is 8.38. The van der Waals surface area contributed by atoms with Crippen LogP contribution >= 0.6 is 11.8 Å². The number of carbonyl (C=O) groups is 1. The maximum Gasteiger partial charge on any atom is 0.268 e. The van der Waals surface area contributed by atoms with E-state index in [4.69, 9.17) is 9.15 Å². The van der Waals surface area contributed by atoms with Crippen LogP contribution in [0.25, 0.3) is 11.0 Å². The number of ether oxygens (including phenoxy) is 1. The molecule has 0 radical (unpaired) electrons. The van der Waals surface area contributed by atoms with E-state index in [9.17, 15) is 13.2 Å². The van der Waals surface area contributed by atoms with Crippen molar-refractivity contribution >= 4 is 38.7 Å². The molecule has 0 spiro atoms. The Morgan fingerprint density at radius 3 is 2.80 bits per heavy atom. The number of thioether (sulfide) groups is 1. The second-order valence-electron chi connectivity index (χ2n) is 6.99. The van der Waals surface area contributed by atoms with Crippen molar-refractivity contribution in [2.45, 2.75) is 17.9 Å². The van der Waals surface area contributed by atoms with E-state index in [1.54, 1.807) is 31.9 Å². The molecule has 2 N–H and O–H groups in total. The SMILES string of the molecule is COc1cccc2cc(C(C)NC(=O)c3cc(S(=O)(=O)N4CCSCC4)c[nH]3)oc12. The van der Waals surface area contributed by atoms with Gasteiger partial charge < -0.3 is 19.5 Å². The van der Waals surface area contributed by atoms with Gasteiger partial charge in [-0.2, -0.15) is 16.1 Å². The number of nitrogens with zero attached hydrogens (tertiary/aromatic N) is 1. The Morgan fingerprint density at radius 2 is 2.07 bits per heavy atom. The van der Waals surface area contributed by atoms with Gasteiger partial charge in [0.1, 0.15) is 16.3 Å². The molecule has 1 fully saturated rings. The van der Waals surface area contributed by atoms with Crippen LogP contribution in [0.5, 0.6) is 5.75 Å². The molecule has 1 unspecified atom stereocenters. The molecule has 1 saturated heterocycles. The van der Waals surface area contributed by atoms with E-state index in [1.165, 1.54) is 16.6 Å². The molecule has 0 aliphatic carbocycles. The summed E-state index contributed by atoms with van der Waals surface area (Å²) < 4.78 is 38.2. The number of aromatic nitrogens is 1. The van der Waals surface area contributed by atoms with Gasteiger partial charge in [0.2, 0.25) is 10.0 Å². The normalized spacial score (nSPS) is 16.5. The average Bonchev–Trinajstić information content (AvgIpc) is 3.42. The molecule has 1 aromatic carbocycles. The Hall–Kier alpha value is -2.43. The Bertz CT molecular complexity index is 1160. The largest absolute Gasteiger partial charge is 0.493 e. The molecule has 160 valence electrons. The lowest BCUT2D eigenvalue weighted by Gasteiger charge is -2.24.